The zero-order chi connectivity index (χ0) is 21.7. The second-order valence-corrected chi connectivity index (χ2v) is 9.29. The van der Waals surface area contributed by atoms with Crippen LogP contribution in [-0.4, -0.2) is 35.6 Å². The summed E-state index contributed by atoms with van der Waals surface area (Å²) in [5.74, 6) is -0.700. The SMILES string of the molecule is CC(C)[C@H](NS(=O)(=O)c1ccc(Br)cc1)C(=O)OCc1nc(-c2cccnc2)no1. The van der Waals surface area contributed by atoms with Gasteiger partial charge in [-0.05, 0) is 42.3 Å². The largest absolute Gasteiger partial charge is 0.454 e. The summed E-state index contributed by atoms with van der Waals surface area (Å²) in [7, 11) is -3.91. The number of carbonyl (C=O) groups is 1. The molecule has 0 saturated carbocycles. The van der Waals surface area contributed by atoms with Gasteiger partial charge in [0.15, 0.2) is 6.61 Å². The molecule has 1 aromatic carbocycles. The molecule has 0 amide bonds. The lowest BCUT2D eigenvalue weighted by Gasteiger charge is -2.20. The summed E-state index contributed by atoms with van der Waals surface area (Å²) < 4.78 is 38.7. The van der Waals surface area contributed by atoms with Gasteiger partial charge < -0.3 is 9.26 Å². The van der Waals surface area contributed by atoms with Crippen molar-refractivity contribution in [2.75, 3.05) is 0 Å². The van der Waals surface area contributed by atoms with Crippen LogP contribution in [-0.2, 0) is 26.2 Å². The lowest BCUT2D eigenvalue weighted by atomic mass is 10.1. The molecule has 2 heterocycles. The van der Waals surface area contributed by atoms with Crippen molar-refractivity contribution < 1.29 is 22.5 Å². The highest BCUT2D eigenvalue weighted by Gasteiger charge is 2.30. The van der Waals surface area contributed by atoms with Crippen LogP contribution >= 0.6 is 15.9 Å². The molecule has 0 aliphatic heterocycles. The van der Waals surface area contributed by atoms with E-state index in [1.807, 2.05) is 0 Å². The Kier molecular flexibility index (Phi) is 6.95. The van der Waals surface area contributed by atoms with Gasteiger partial charge in [0.1, 0.15) is 6.04 Å². The van der Waals surface area contributed by atoms with Gasteiger partial charge in [-0.15, -0.1) is 0 Å². The molecule has 0 radical (unpaired) electrons. The summed E-state index contributed by atoms with van der Waals surface area (Å²) in [6.07, 6.45) is 3.19. The highest BCUT2D eigenvalue weighted by atomic mass is 79.9. The van der Waals surface area contributed by atoms with E-state index < -0.39 is 22.0 Å². The summed E-state index contributed by atoms with van der Waals surface area (Å²) in [5.41, 5.74) is 0.654. The Bertz CT molecular complexity index is 1100. The monoisotopic (exact) mass is 494 g/mol. The van der Waals surface area contributed by atoms with Crippen molar-refractivity contribution in [1.82, 2.24) is 19.8 Å². The first-order chi connectivity index (χ1) is 14.3. The van der Waals surface area contributed by atoms with Crippen LogP contribution in [0.15, 0.2) is 62.7 Å². The molecule has 0 unspecified atom stereocenters. The van der Waals surface area contributed by atoms with Crippen molar-refractivity contribution in [1.29, 1.82) is 0 Å². The standard InChI is InChI=1S/C19H19BrN4O5S/c1-12(2)17(24-30(26,27)15-7-5-14(20)6-8-15)19(25)28-11-16-22-18(23-29-16)13-4-3-9-21-10-13/h3-10,12,17,24H,11H2,1-2H3/t17-/m0/s1. The van der Waals surface area contributed by atoms with Crippen molar-refractivity contribution in [2.45, 2.75) is 31.4 Å². The second-order valence-electron chi connectivity index (χ2n) is 6.66. The minimum atomic E-state index is -3.91. The first-order valence-electron chi connectivity index (χ1n) is 8.94. The van der Waals surface area contributed by atoms with Gasteiger partial charge in [-0.3, -0.25) is 9.78 Å². The van der Waals surface area contributed by atoms with Crippen LogP contribution in [0.2, 0.25) is 0 Å². The second kappa shape index (κ2) is 9.45. The number of aromatic nitrogens is 3. The molecule has 11 heteroatoms. The molecule has 2 aromatic heterocycles. The van der Waals surface area contributed by atoms with Crippen LogP contribution in [0.4, 0.5) is 0 Å². The molecule has 158 valence electrons. The molecule has 0 aliphatic rings. The lowest BCUT2D eigenvalue weighted by Crippen LogP contribution is -2.45. The van der Waals surface area contributed by atoms with E-state index in [4.69, 9.17) is 9.26 Å². The predicted octanol–water partition coefficient (Wildman–Crippen LogP) is 2.94. The minimum absolute atomic E-state index is 0.0437. The average molecular weight is 495 g/mol. The van der Waals surface area contributed by atoms with Gasteiger partial charge in [-0.2, -0.15) is 9.71 Å². The number of benzene rings is 1. The molecule has 0 spiro atoms. The van der Waals surface area contributed by atoms with Crippen LogP contribution in [0.1, 0.15) is 19.7 Å². The van der Waals surface area contributed by atoms with E-state index in [0.717, 1.165) is 4.47 Å². The Morgan fingerprint density at radius 1 is 1.23 bits per heavy atom. The molecule has 0 saturated heterocycles. The van der Waals surface area contributed by atoms with Crippen molar-refractivity contribution in [3.63, 3.8) is 0 Å². The van der Waals surface area contributed by atoms with E-state index in [2.05, 4.69) is 35.8 Å². The van der Waals surface area contributed by atoms with Gasteiger partial charge in [-0.25, -0.2) is 8.42 Å². The van der Waals surface area contributed by atoms with E-state index >= 15 is 0 Å². The summed E-state index contributed by atoms with van der Waals surface area (Å²) in [4.78, 5) is 20.7. The van der Waals surface area contributed by atoms with Crippen molar-refractivity contribution in [2.24, 2.45) is 5.92 Å². The fourth-order valence-corrected chi connectivity index (χ4v) is 4.05. The topological polar surface area (TPSA) is 124 Å². The lowest BCUT2D eigenvalue weighted by molar-refractivity contribution is -0.148. The molecule has 1 N–H and O–H groups in total. The third-order valence-electron chi connectivity index (χ3n) is 4.05. The van der Waals surface area contributed by atoms with Crippen LogP contribution < -0.4 is 4.72 Å². The summed E-state index contributed by atoms with van der Waals surface area (Å²) in [6.45, 7) is 3.14. The molecule has 0 bridgehead atoms. The number of carbonyl (C=O) groups excluding carboxylic acids is 1. The van der Waals surface area contributed by atoms with Gasteiger partial charge in [-0.1, -0.05) is 34.9 Å². The fraction of sp³-hybridized carbons (Fsp3) is 0.263. The summed E-state index contributed by atoms with van der Waals surface area (Å²) in [5, 5.41) is 3.82. The van der Waals surface area contributed by atoms with E-state index in [-0.39, 0.29) is 23.3 Å². The van der Waals surface area contributed by atoms with Crippen LogP contribution in [0.5, 0.6) is 0 Å². The van der Waals surface area contributed by atoms with Gasteiger partial charge in [0.05, 0.1) is 4.90 Å². The highest BCUT2D eigenvalue weighted by molar-refractivity contribution is 9.10. The number of hydrogen-bond donors (Lipinski definition) is 1. The number of nitrogens with zero attached hydrogens (tertiary/aromatic N) is 3. The number of rotatable bonds is 8. The van der Waals surface area contributed by atoms with Crippen LogP contribution in [0.3, 0.4) is 0 Å². The number of halogens is 1. The molecule has 30 heavy (non-hydrogen) atoms. The van der Waals surface area contributed by atoms with Gasteiger partial charge >= 0.3 is 5.97 Å². The molecule has 0 aliphatic carbocycles. The number of pyridine rings is 1. The quantitative estimate of drug-likeness (QED) is 0.473. The molecule has 1 atom stereocenters. The Morgan fingerprint density at radius 3 is 2.60 bits per heavy atom. The molecular formula is C19H19BrN4O5S. The minimum Gasteiger partial charge on any atom is -0.454 e. The number of esters is 1. The molecule has 3 rings (SSSR count). The van der Waals surface area contributed by atoms with Gasteiger partial charge in [0.2, 0.25) is 15.8 Å². The van der Waals surface area contributed by atoms with E-state index in [0.29, 0.717) is 11.4 Å². The Labute approximate surface area is 182 Å². The molecule has 3 aromatic rings. The number of sulfonamides is 1. The van der Waals surface area contributed by atoms with Crippen molar-refractivity contribution in [3.8, 4) is 11.4 Å². The summed E-state index contributed by atoms with van der Waals surface area (Å²) in [6, 6.07) is 8.50. The Balaban J connectivity index is 1.66. The number of ether oxygens (including phenoxy) is 1. The van der Waals surface area contributed by atoms with E-state index in [9.17, 15) is 13.2 Å². The third kappa shape index (κ3) is 5.49. The average Bonchev–Trinajstić information content (AvgIpc) is 3.20. The van der Waals surface area contributed by atoms with Crippen LogP contribution in [0, 0.1) is 5.92 Å². The van der Waals surface area contributed by atoms with E-state index in [1.54, 1.807) is 50.5 Å². The smallest absolute Gasteiger partial charge is 0.324 e. The first kappa shape index (κ1) is 22.1. The van der Waals surface area contributed by atoms with Crippen molar-refractivity contribution >= 4 is 31.9 Å². The van der Waals surface area contributed by atoms with Gasteiger partial charge in [0, 0.05) is 22.4 Å². The number of hydrogen-bond acceptors (Lipinski definition) is 8. The Morgan fingerprint density at radius 2 is 1.97 bits per heavy atom. The number of nitrogens with one attached hydrogen (secondary N) is 1. The maximum absolute atomic E-state index is 12.6. The Hall–Kier alpha value is -2.63. The first-order valence-corrected chi connectivity index (χ1v) is 11.2. The third-order valence-corrected chi connectivity index (χ3v) is 6.04. The zero-order valence-electron chi connectivity index (χ0n) is 16.1. The maximum Gasteiger partial charge on any atom is 0.324 e. The van der Waals surface area contributed by atoms with Crippen molar-refractivity contribution in [3.05, 3.63) is 59.2 Å². The van der Waals surface area contributed by atoms with Crippen LogP contribution in [0.25, 0.3) is 11.4 Å². The molecule has 9 nitrogen and oxygen atoms in total. The maximum atomic E-state index is 12.6. The molecular weight excluding hydrogens is 476 g/mol. The summed E-state index contributed by atoms with van der Waals surface area (Å²) >= 11 is 3.26. The zero-order valence-corrected chi connectivity index (χ0v) is 18.6. The molecule has 0 fully saturated rings. The normalized spacial score (nSPS) is 12.7. The van der Waals surface area contributed by atoms with Gasteiger partial charge in [0.25, 0.3) is 5.89 Å². The highest BCUT2D eigenvalue weighted by Crippen LogP contribution is 2.17. The van der Waals surface area contributed by atoms with E-state index in [1.165, 1.54) is 12.1 Å². The fourth-order valence-electron chi connectivity index (χ4n) is 2.45. The predicted molar refractivity (Wildman–Crippen MR) is 110 cm³/mol.